The van der Waals surface area contributed by atoms with Gasteiger partial charge in [0.25, 0.3) is 0 Å². The van der Waals surface area contributed by atoms with Crippen LogP contribution in [0.5, 0.6) is 0 Å². The molecule has 5 heteroatoms. The molecule has 0 aromatic carbocycles. The molecule has 1 aliphatic rings. The Labute approximate surface area is 121 Å². The minimum absolute atomic E-state index is 0.598. The molecule has 1 fully saturated rings. The van der Waals surface area contributed by atoms with Crippen LogP contribution in [0, 0.1) is 5.92 Å². The molecule has 0 aliphatic heterocycles. The van der Waals surface area contributed by atoms with Crippen molar-refractivity contribution in [3.05, 3.63) is 12.2 Å². The number of hydrogen-bond acceptors (Lipinski definition) is 3. The van der Waals surface area contributed by atoms with Gasteiger partial charge in [0, 0.05) is 25.0 Å². The lowest BCUT2D eigenvalue weighted by atomic mass is 9.91. The minimum Gasteiger partial charge on any atom is -0.293 e. The lowest BCUT2D eigenvalue weighted by Crippen LogP contribution is -2.41. The molecule has 0 unspecified atom stereocenters. The van der Waals surface area contributed by atoms with E-state index in [1.54, 1.807) is 6.33 Å². The highest BCUT2D eigenvalue weighted by Gasteiger charge is 2.25. The molecule has 4 nitrogen and oxygen atoms in total. The first-order valence-corrected chi connectivity index (χ1v) is 7.91. The van der Waals surface area contributed by atoms with E-state index in [0.29, 0.717) is 5.92 Å². The first-order chi connectivity index (χ1) is 9.20. The second-order valence-corrected chi connectivity index (χ2v) is 6.23. The average Bonchev–Trinajstić information content (AvgIpc) is 2.70. The summed E-state index contributed by atoms with van der Waals surface area (Å²) in [6, 6.07) is 0.729. The third-order valence-corrected chi connectivity index (χ3v) is 4.02. The van der Waals surface area contributed by atoms with Gasteiger partial charge in [-0.05, 0) is 25.2 Å². The van der Waals surface area contributed by atoms with Crippen LogP contribution in [0.25, 0.3) is 0 Å². The zero-order chi connectivity index (χ0) is 13.7. The Morgan fingerprint density at radius 3 is 2.84 bits per heavy atom. The molecule has 19 heavy (non-hydrogen) atoms. The predicted molar refractivity (Wildman–Crippen MR) is 78.2 cm³/mol. The lowest BCUT2D eigenvalue weighted by molar-refractivity contribution is 0.114. The van der Waals surface area contributed by atoms with E-state index in [1.807, 2.05) is 0 Å². The molecule has 0 amide bonds. The zero-order valence-electron chi connectivity index (χ0n) is 12.1. The van der Waals surface area contributed by atoms with Crippen LogP contribution in [0.2, 0.25) is 0 Å². The molecule has 108 valence electrons. The van der Waals surface area contributed by atoms with Gasteiger partial charge in [-0.1, -0.05) is 20.3 Å². The molecule has 0 atom stereocenters. The van der Waals surface area contributed by atoms with Crippen molar-refractivity contribution >= 4 is 11.6 Å². The number of alkyl halides is 1. The van der Waals surface area contributed by atoms with Gasteiger partial charge in [-0.15, -0.1) is 11.6 Å². The molecular weight excluding hydrogens is 260 g/mol. The minimum atomic E-state index is 0.598. The van der Waals surface area contributed by atoms with Crippen molar-refractivity contribution in [1.29, 1.82) is 0 Å². The zero-order valence-corrected chi connectivity index (χ0v) is 12.8. The van der Waals surface area contributed by atoms with Crippen LogP contribution in [0.1, 0.15) is 45.4 Å². The maximum atomic E-state index is 5.83. The first kappa shape index (κ1) is 14.8. The third kappa shape index (κ3) is 4.18. The first-order valence-electron chi connectivity index (χ1n) is 7.37. The lowest BCUT2D eigenvalue weighted by Gasteiger charge is -2.37. The predicted octanol–water partition coefficient (Wildman–Crippen LogP) is 2.92. The van der Waals surface area contributed by atoms with E-state index in [0.717, 1.165) is 43.8 Å². The third-order valence-electron chi connectivity index (χ3n) is 3.75. The van der Waals surface area contributed by atoms with Crippen molar-refractivity contribution in [3.63, 3.8) is 0 Å². The highest BCUT2D eigenvalue weighted by Crippen LogP contribution is 2.26. The number of nitrogens with zero attached hydrogens (tertiary/aromatic N) is 4. The SMILES string of the molecule is CC(C)Cn1ncnc1CN(CCCCl)C1CCC1. The van der Waals surface area contributed by atoms with Crippen LogP contribution >= 0.6 is 11.6 Å². The molecule has 1 saturated carbocycles. The second kappa shape index (κ2) is 7.25. The van der Waals surface area contributed by atoms with E-state index in [-0.39, 0.29) is 0 Å². The van der Waals surface area contributed by atoms with E-state index >= 15 is 0 Å². The highest BCUT2D eigenvalue weighted by molar-refractivity contribution is 6.17. The fourth-order valence-corrected chi connectivity index (χ4v) is 2.62. The Morgan fingerprint density at radius 2 is 2.26 bits per heavy atom. The van der Waals surface area contributed by atoms with E-state index in [4.69, 9.17) is 11.6 Å². The molecule has 0 saturated heterocycles. The summed E-state index contributed by atoms with van der Waals surface area (Å²) in [6.07, 6.45) is 6.73. The average molecular weight is 285 g/mol. The summed E-state index contributed by atoms with van der Waals surface area (Å²) in [5.74, 6) is 2.43. The van der Waals surface area contributed by atoms with Gasteiger partial charge in [-0.3, -0.25) is 4.90 Å². The molecule has 1 aromatic heterocycles. The molecule has 1 heterocycles. The molecule has 1 aromatic rings. The Morgan fingerprint density at radius 1 is 1.47 bits per heavy atom. The van der Waals surface area contributed by atoms with Crippen LogP contribution in [-0.4, -0.2) is 38.1 Å². The monoisotopic (exact) mass is 284 g/mol. The fourth-order valence-electron chi connectivity index (χ4n) is 2.50. The van der Waals surface area contributed by atoms with Gasteiger partial charge >= 0.3 is 0 Å². The number of halogens is 1. The Bertz CT molecular complexity index is 373. The van der Waals surface area contributed by atoms with Crippen molar-refractivity contribution in [2.75, 3.05) is 12.4 Å². The number of aromatic nitrogens is 3. The van der Waals surface area contributed by atoms with Gasteiger partial charge in [-0.25, -0.2) is 9.67 Å². The van der Waals surface area contributed by atoms with Crippen molar-refractivity contribution in [3.8, 4) is 0 Å². The standard InChI is InChI=1S/C14H25ClN4/c1-12(2)9-19-14(16-11-17-19)10-18(8-4-7-15)13-5-3-6-13/h11-13H,3-10H2,1-2H3. The summed E-state index contributed by atoms with van der Waals surface area (Å²) in [5, 5.41) is 4.35. The van der Waals surface area contributed by atoms with Gasteiger partial charge in [0.1, 0.15) is 12.2 Å². The van der Waals surface area contributed by atoms with Crippen LogP contribution in [0.3, 0.4) is 0 Å². The molecule has 0 radical (unpaired) electrons. The van der Waals surface area contributed by atoms with E-state index < -0.39 is 0 Å². The Balaban J connectivity index is 1.97. The maximum Gasteiger partial charge on any atom is 0.141 e. The van der Waals surface area contributed by atoms with Gasteiger partial charge < -0.3 is 0 Å². The smallest absolute Gasteiger partial charge is 0.141 e. The fraction of sp³-hybridized carbons (Fsp3) is 0.857. The van der Waals surface area contributed by atoms with E-state index in [2.05, 4.69) is 33.5 Å². The summed E-state index contributed by atoms with van der Waals surface area (Å²) < 4.78 is 2.05. The van der Waals surface area contributed by atoms with Gasteiger partial charge in [0.05, 0.1) is 6.54 Å². The van der Waals surface area contributed by atoms with Crippen molar-refractivity contribution in [2.45, 2.75) is 58.7 Å². The van der Waals surface area contributed by atoms with E-state index in [1.165, 1.54) is 19.3 Å². The molecule has 1 aliphatic carbocycles. The van der Waals surface area contributed by atoms with Crippen molar-refractivity contribution < 1.29 is 0 Å². The Hall–Kier alpha value is -0.610. The van der Waals surface area contributed by atoms with Crippen molar-refractivity contribution in [1.82, 2.24) is 19.7 Å². The van der Waals surface area contributed by atoms with Gasteiger partial charge in [-0.2, -0.15) is 5.10 Å². The van der Waals surface area contributed by atoms with Crippen LogP contribution < -0.4 is 0 Å². The largest absolute Gasteiger partial charge is 0.293 e. The van der Waals surface area contributed by atoms with Gasteiger partial charge in [0.2, 0.25) is 0 Å². The van der Waals surface area contributed by atoms with Gasteiger partial charge in [0.15, 0.2) is 0 Å². The Kier molecular flexibility index (Phi) is 5.64. The van der Waals surface area contributed by atoms with Crippen LogP contribution in [0.15, 0.2) is 6.33 Å². The van der Waals surface area contributed by atoms with Crippen LogP contribution in [-0.2, 0) is 13.1 Å². The summed E-state index contributed by atoms with van der Waals surface area (Å²) in [4.78, 5) is 6.97. The molecule has 2 rings (SSSR count). The topological polar surface area (TPSA) is 34.0 Å². The highest BCUT2D eigenvalue weighted by atomic mass is 35.5. The molecule has 0 bridgehead atoms. The number of rotatable bonds is 8. The second-order valence-electron chi connectivity index (χ2n) is 5.85. The summed E-state index contributed by atoms with van der Waals surface area (Å²) in [5.41, 5.74) is 0. The molecular formula is C14H25ClN4. The molecule has 0 spiro atoms. The number of hydrogen-bond donors (Lipinski definition) is 0. The van der Waals surface area contributed by atoms with E-state index in [9.17, 15) is 0 Å². The maximum absolute atomic E-state index is 5.83. The normalized spacial score (nSPS) is 16.3. The molecule has 0 N–H and O–H groups in total. The summed E-state index contributed by atoms with van der Waals surface area (Å²) >= 11 is 5.83. The quantitative estimate of drug-likeness (QED) is 0.688. The summed E-state index contributed by atoms with van der Waals surface area (Å²) in [7, 11) is 0. The van der Waals surface area contributed by atoms with Crippen LogP contribution in [0.4, 0.5) is 0 Å². The summed E-state index contributed by atoms with van der Waals surface area (Å²) in [6.45, 7) is 7.35. The van der Waals surface area contributed by atoms with Crippen molar-refractivity contribution in [2.24, 2.45) is 5.92 Å².